The normalized spacial score (nSPS) is 13.2. The number of rotatable bonds is 9. The predicted molar refractivity (Wildman–Crippen MR) is 108 cm³/mol. The fourth-order valence-corrected chi connectivity index (χ4v) is 3.55. The average molecular weight is 378 g/mol. The van der Waals surface area contributed by atoms with Crippen LogP contribution in [0, 0.1) is 6.92 Å². The van der Waals surface area contributed by atoms with E-state index in [0.29, 0.717) is 17.9 Å². The van der Waals surface area contributed by atoms with E-state index < -0.39 is 0 Å². The highest BCUT2D eigenvalue weighted by atomic mass is 32.1. The van der Waals surface area contributed by atoms with E-state index >= 15 is 0 Å². The summed E-state index contributed by atoms with van der Waals surface area (Å²) in [6.07, 6.45) is 2.64. The zero-order valence-electron chi connectivity index (χ0n) is 16.5. The first-order valence-electron chi connectivity index (χ1n) is 9.40. The molecule has 2 aromatic rings. The molecule has 0 aromatic carbocycles. The smallest absolute Gasteiger partial charge is 0.226 e. The Morgan fingerprint density at radius 3 is 2.73 bits per heavy atom. The molecular formula is C19H31N5OS. The first kappa shape index (κ1) is 20.4. The summed E-state index contributed by atoms with van der Waals surface area (Å²) in [5, 5.41) is 10.8. The average Bonchev–Trinajstić information content (AvgIpc) is 3.21. The molecule has 26 heavy (non-hydrogen) atoms. The van der Waals surface area contributed by atoms with E-state index in [1.807, 2.05) is 11.3 Å². The molecule has 0 aliphatic carbocycles. The minimum absolute atomic E-state index is 0.295. The topological polar surface area (TPSA) is 75.3 Å². The first-order chi connectivity index (χ1) is 12.5. The van der Waals surface area contributed by atoms with E-state index in [9.17, 15) is 0 Å². The van der Waals surface area contributed by atoms with Gasteiger partial charge in [-0.25, -0.2) is 0 Å². The highest BCUT2D eigenvalue weighted by Crippen LogP contribution is 2.16. The Balaban J connectivity index is 1.79. The van der Waals surface area contributed by atoms with Crippen molar-refractivity contribution in [3.63, 3.8) is 0 Å². The molecule has 0 radical (unpaired) electrons. The fourth-order valence-electron chi connectivity index (χ4n) is 2.53. The summed E-state index contributed by atoms with van der Waals surface area (Å²) in [7, 11) is 0. The SMILES string of the molecule is CCNC(=NCCCc1nc(C(C)C)no1)NC(C)Cc1ccc(C)s1. The lowest BCUT2D eigenvalue weighted by Gasteiger charge is -2.17. The predicted octanol–water partition coefficient (Wildman–Crippen LogP) is 3.68. The molecule has 0 amide bonds. The largest absolute Gasteiger partial charge is 0.357 e. The quantitative estimate of drug-likeness (QED) is 0.396. The highest BCUT2D eigenvalue weighted by molar-refractivity contribution is 7.11. The molecule has 6 nitrogen and oxygen atoms in total. The van der Waals surface area contributed by atoms with Gasteiger partial charge in [0.15, 0.2) is 11.8 Å². The molecule has 0 fully saturated rings. The minimum Gasteiger partial charge on any atom is -0.357 e. The zero-order chi connectivity index (χ0) is 18.9. The summed E-state index contributed by atoms with van der Waals surface area (Å²) in [4.78, 5) is 11.8. The molecule has 144 valence electrons. The number of guanidine groups is 1. The van der Waals surface area contributed by atoms with E-state index in [1.54, 1.807) is 0 Å². The molecule has 0 saturated carbocycles. The summed E-state index contributed by atoms with van der Waals surface area (Å²) in [5.74, 6) is 2.63. The van der Waals surface area contributed by atoms with Crippen molar-refractivity contribution in [1.29, 1.82) is 0 Å². The van der Waals surface area contributed by atoms with Gasteiger partial charge in [-0.3, -0.25) is 4.99 Å². The van der Waals surface area contributed by atoms with Gasteiger partial charge in [-0.1, -0.05) is 19.0 Å². The van der Waals surface area contributed by atoms with Crippen molar-refractivity contribution in [3.05, 3.63) is 33.6 Å². The van der Waals surface area contributed by atoms with Gasteiger partial charge in [-0.15, -0.1) is 11.3 Å². The molecule has 1 unspecified atom stereocenters. The number of hydrogen-bond acceptors (Lipinski definition) is 5. The number of nitrogens with zero attached hydrogens (tertiary/aromatic N) is 3. The van der Waals surface area contributed by atoms with Crippen LogP contribution in [0.1, 0.15) is 61.5 Å². The molecule has 2 heterocycles. The third kappa shape index (κ3) is 6.78. The molecular weight excluding hydrogens is 346 g/mol. The highest BCUT2D eigenvalue weighted by Gasteiger charge is 2.10. The van der Waals surface area contributed by atoms with E-state index in [1.165, 1.54) is 9.75 Å². The Morgan fingerprint density at radius 2 is 2.12 bits per heavy atom. The molecule has 0 aliphatic heterocycles. The van der Waals surface area contributed by atoms with E-state index in [-0.39, 0.29) is 0 Å². The van der Waals surface area contributed by atoms with Gasteiger partial charge in [0.2, 0.25) is 5.89 Å². The van der Waals surface area contributed by atoms with Crippen LogP contribution in [0.2, 0.25) is 0 Å². The number of aliphatic imine (C=N–C) groups is 1. The Labute approximate surface area is 160 Å². The van der Waals surface area contributed by atoms with E-state index in [2.05, 4.69) is 72.5 Å². The maximum atomic E-state index is 5.27. The van der Waals surface area contributed by atoms with Crippen LogP contribution in [0.5, 0.6) is 0 Å². The van der Waals surface area contributed by atoms with Gasteiger partial charge >= 0.3 is 0 Å². The monoisotopic (exact) mass is 377 g/mol. The van der Waals surface area contributed by atoms with Crippen LogP contribution in [0.25, 0.3) is 0 Å². The molecule has 0 saturated heterocycles. The Bertz CT molecular complexity index is 692. The van der Waals surface area contributed by atoms with Gasteiger partial charge < -0.3 is 15.2 Å². The van der Waals surface area contributed by atoms with Crippen LogP contribution in [0.15, 0.2) is 21.6 Å². The maximum Gasteiger partial charge on any atom is 0.226 e. The molecule has 0 aliphatic rings. The van der Waals surface area contributed by atoms with Crippen LogP contribution in [0.3, 0.4) is 0 Å². The summed E-state index contributed by atoms with van der Waals surface area (Å²) < 4.78 is 5.27. The van der Waals surface area contributed by atoms with Crippen molar-refractivity contribution in [2.24, 2.45) is 4.99 Å². The van der Waals surface area contributed by atoms with Crippen molar-refractivity contribution in [2.75, 3.05) is 13.1 Å². The molecule has 0 bridgehead atoms. The van der Waals surface area contributed by atoms with Crippen LogP contribution >= 0.6 is 11.3 Å². The second-order valence-electron chi connectivity index (χ2n) is 6.83. The lowest BCUT2D eigenvalue weighted by atomic mass is 10.2. The van der Waals surface area contributed by atoms with Gasteiger partial charge in [-0.05, 0) is 39.3 Å². The fraction of sp³-hybridized carbons (Fsp3) is 0.632. The van der Waals surface area contributed by atoms with Crippen molar-refractivity contribution in [2.45, 2.75) is 65.8 Å². The van der Waals surface area contributed by atoms with E-state index in [4.69, 9.17) is 4.52 Å². The van der Waals surface area contributed by atoms with Crippen LogP contribution in [-0.2, 0) is 12.8 Å². The maximum absolute atomic E-state index is 5.27. The van der Waals surface area contributed by atoms with Gasteiger partial charge in [0.25, 0.3) is 0 Å². The van der Waals surface area contributed by atoms with Gasteiger partial charge in [0.1, 0.15) is 0 Å². The number of thiophene rings is 1. The third-order valence-corrected chi connectivity index (χ3v) is 4.87. The standard InChI is InChI=1S/C19H31N5OS/c1-6-20-19(22-14(4)12-16-10-9-15(5)26-16)21-11-7-8-17-23-18(13(2)3)24-25-17/h9-10,13-14H,6-8,11-12H2,1-5H3,(H2,20,21,22). The molecule has 2 rings (SSSR count). The van der Waals surface area contributed by atoms with E-state index in [0.717, 1.165) is 44.1 Å². The Hall–Kier alpha value is -1.89. The second kappa shape index (κ2) is 10.3. The summed E-state index contributed by atoms with van der Waals surface area (Å²) >= 11 is 1.86. The Kier molecular flexibility index (Phi) is 8.09. The molecule has 2 N–H and O–H groups in total. The lowest BCUT2D eigenvalue weighted by molar-refractivity contribution is 0.369. The minimum atomic E-state index is 0.295. The summed E-state index contributed by atoms with van der Waals surface area (Å²) in [5.41, 5.74) is 0. The first-order valence-corrected chi connectivity index (χ1v) is 10.2. The van der Waals surface area contributed by atoms with Crippen LogP contribution in [0.4, 0.5) is 0 Å². The van der Waals surface area contributed by atoms with Gasteiger partial charge in [0.05, 0.1) is 0 Å². The van der Waals surface area contributed by atoms with Crippen molar-refractivity contribution in [3.8, 4) is 0 Å². The number of hydrogen-bond donors (Lipinski definition) is 2. The summed E-state index contributed by atoms with van der Waals surface area (Å²) in [6, 6.07) is 4.71. The molecule has 2 aromatic heterocycles. The molecule has 7 heteroatoms. The number of aromatic nitrogens is 2. The number of nitrogens with one attached hydrogen (secondary N) is 2. The lowest BCUT2D eigenvalue weighted by Crippen LogP contribution is -2.43. The summed E-state index contributed by atoms with van der Waals surface area (Å²) in [6.45, 7) is 12.1. The second-order valence-corrected chi connectivity index (χ2v) is 8.20. The zero-order valence-corrected chi connectivity index (χ0v) is 17.3. The third-order valence-electron chi connectivity index (χ3n) is 3.85. The molecule has 0 spiro atoms. The van der Waals surface area contributed by atoms with Crippen LogP contribution in [-0.4, -0.2) is 35.2 Å². The van der Waals surface area contributed by atoms with Crippen molar-refractivity contribution < 1.29 is 4.52 Å². The van der Waals surface area contributed by atoms with Crippen molar-refractivity contribution in [1.82, 2.24) is 20.8 Å². The van der Waals surface area contributed by atoms with Crippen LogP contribution < -0.4 is 10.6 Å². The molecule has 1 atom stereocenters. The van der Waals surface area contributed by atoms with Crippen molar-refractivity contribution >= 4 is 17.3 Å². The van der Waals surface area contributed by atoms with Gasteiger partial charge in [0, 0.05) is 47.6 Å². The Morgan fingerprint density at radius 1 is 1.31 bits per heavy atom. The number of aryl methyl sites for hydroxylation is 2. The van der Waals surface area contributed by atoms with Gasteiger partial charge in [-0.2, -0.15) is 4.98 Å².